The van der Waals surface area contributed by atoms with E-state index in [0.717, 1.165) is 30.8 Å². The van der Waals surface area contributed by atoms with Gasteiger partial charge in [0.15, 0.2) is 6.10 Å². The molecule has 110 valence electrons. The van der Waals surface area contributed by atoms with Crippen LogP contribution < -0.4 is 4.74 Å². The van der Waals surface area contributed by atoms with Crippen LogP contribution in [0.1, 0.15) is 39.2 Å². The maximum absolute atomic E-state index is 12.5. The van der Waals surface area contributed by atoms with Gasteiger partial charge in [-0.3, -0.25) is 4.79 Å². The van der Waals surface area contributed by atoms with Gasteiger partial charge in [0.1, 0.15) is 5.75 Å². The molecule has 3 nitrogen and oxygen atoms in total. The van der Waals surface area contributed by atoms with Crippen molar-refractivity contribution in [2.45, 2.75) is 46.6 Å². The summed E-state index contributed by atoms with van der Waals surface area (Å²) in [5.41, 5.74) is 1.28. The molecule has 0 unspecified atom stereocenters. The lowest BCUT2D eigenvalue weighted by molar-refractivity contribution is -0.141. The first kappa shape index (κ1) is 14.9. The van der Waals surface area contributed by atoms with Gasteiger partial charge in [-0.25, -0.2) is 0 Å². The summed E-state index contributed by atoms with van der Waals surface area (Å²) in [7, 11) is 0. The number of para-hydroxylation sites is 1. The largest absolute Gasteiger partial charge is 0.481 e. The molecule has 0 N–H and O–H groups in total. The molecule has 0 spiro atoms. The zero-order chi connectivity index (χ0) is 14.8. The molecule has 20 heavy (non-hydrogen) atoms. The van der Waals surface area contributed by atoms with E-state index in [0.29, 0.717) is 0 Å². The minimum absolute atomic E-state index is 0.0982. The van der Waals surface area contributed by atoms with Crippen molar-refractivity contribution in [3.05, 3.63) is 29.8 Å². The standard InChI is InChI=1S/C17H25NO2/c1-13-8-5-6-9-15(13)20-14(2)16(19)18-11-7-10-17(3,4)12-18/h5-6,8-9,14H,7,10-12H2,1-4H3/t14-/m0/s1. The normalized spacial score (nSPS) is 19.5. The van der Waals surface area contributed by atoms with Crippen molar-refractivity contribution in [2.75, 3.05) is 13.1 Å². The first-order valence-electron chi connectivity index (χ1n) is 7.40. The minimum atomic E-state index is -0.426. The first-order chi connectivity index (χ1) is 9.39. The van der Waals surface area contributed by atoms with Gasteiger partial charge >= 0.3 is 0 Å². The third kappa shape index (κ3) is 3.53. The Balaban J connectivity index is 2.00. The molecular weight excluding hydrogens is 250 g/mol. The maximum Gasteiger partial charge on any atom is 0.263 e. The summed E-state index contributed by atoms with van der Waals surface area (Å²) < 4.78 is 5.84. The van der Waals surface area contributed by atoms with Crippen LogP contribution in [0, 0.1) is 12.3 Å². The Labute approximate surface area is 121 Å². The van der Waals surface area contributed by atoms with E-state index in [9.17, 15) is 4.79 Å². The predicted molar refractivity (Wildman–Crippen MR) is 80.9 cm³/mol. The van der Waals surface area contributed by atoms with Gasteiger partial charge in [-0.1, -0.05) is 32.0 Å². The molecule has 1 heterocycles. The van der Waals surface area contributed by atoms with E-state index < -0.39 is 6.10 Å². The van der Waals surface area contributed by atoms with Gasteiger partial charge in [-0.05, 0) is 43.7 Å². The van der Waals surface area contributed by atoms with Crippen LogP contribution in [-0.4, -0.2) is 30.0 Å². The second-order valence-corrected chi connectivity index (χ2v) is 6.55. The fourth-order valence-electron chi connectivity index (χ4n) is 2.80. The van der Waals surface area contributed by atoms with Crippen LogP contribution in [-0.2, 0) is 4.79 Å². The van der Waals surface area contributed by atoms with Gasteiger partial charge in [-0.2, -0.15) is 0 Å². The number of rotatable bonds is 3. The monoisotopic (exact) mass is 275 g/mol. The Kier molecular flexibility index (Phi) is 4.36. The van der Waals surface area contributed by atoms with Crippen molar-refractivity contribution in [3.8, 4) is 5.75 Å². The van der Waals surface area contributed by atoms with Gasteiger partial charge in [0, 0.05) is 13.1 Å². The van der Waals surface area contributed by atoms with Crippen molar-refractivity contribution in [1.29, 1.82) is 0 Å². The van der Waals surface area contributed by atoms with Crippen LogP contribution in [0.15, 0.2) is 24.3 Å². The second kappa shape index (κ2) is 5.86. The Morgan fingerprint density at radius 1 is 1.35 bits per heavy atom. The number of hydrogen-bond donors (Lipinski definition) is 0. The zero-order valence-corrected chi connectivity index (χ0v) is 13.0. The van der Waals surface area contributed by atoms with E-state index in [4.69, 9.17) is 4.74 Å². The van der Waals surface area contributed by atoms with Crippen molar-refractivity contribution < 1.29 is 9.53 Å². The van der Waals surface area contributed by atoms with Crippen molar-refractivity contribution in [2.24, 2.45) is 5.41 Å². The number of likely N-dealkylation sites (tertiary alicyclic amines) is 1. The molecule has 2 rings (SSSR count). The molecule has 1 fully saturated rings. The zero-order valence-electron chi connectivity index (χ0n) is 13.0. The minimum Gasteiger partial charge on any atom is -0.481 e. The molecule has 0 aromatic heterocycles. The fraction of sp³-hybridized carbons (Fsp3) is 0.588. The highest BCUT2D eigenvalue weighted by molar-refractivity contribution is 5.81. The molecule has 1 aliphatic heterocycles. The molecule has 1 amide bonds. The third-order valence-electron chi connectivity index (χ3n) is 3.96. The smallest absolute Gasteiger partial charge is 0.263 e. The molecule has 1 aliphatic rings. The van der Waals surface area contributed by atoms with E-state index in [2.05, 4.69) is 13.8 Å². The molecule has 0 saturated carbocycles. The van der Waals surface area contributed by atoms with Gasteiger partial charge in [0.05, 0.1) is 0 Å². The van der Waals surface area contributed by atoms with Crippen molar-refractivity contribution in [1.82, 2.24) is 4.90 Å². The summed E-state index contributed by atoms with van der Waals surface area (Å²) in [5, 5.41) is 0. The van der Waals surface area contributed by atoms with E-state index in [1.807, 2.05) is 43.0 Å². The summed E-state index contributed by atoms with van der Waals surface area (Å²) in [4.78, 5) is 14.5. The van der Waals surface area contributed by atoms with Crippen LogP contribution in [0.5, 0.6) is 5.75 Å². The molecule has 1 saturated heterocycles. The Morgan fingerprint density at radius 3 is 2.70 bits per heavy atom. The van der Waals surface area contributed by atoms with Crippen molar-refractivity contribution >= 4 is 5.91 Å². The lowest BCUT2D eigenvalue weighted by Crippen LogP contribution is -2.48. The second-order valence-electron chi connectivity index (χ2n) is 6.55. The average Bonchev–Trinajstić information content (AvgIpc) is 2.39. The van der Waals surface area contributed by atoms with Gasteiger partial charge in [0.2, 0.25) is 0 Å². The highest BCUT2D eigenvalue weighted by Gasteiger charge is 2.31. The number of hydrogen-bond acceptors (Lipinski definition) is 2. The van der Waals surface area contributed by atoms with E-state index in [1.54, 1.807) is 0 Å². The van der Waals surface area contributed by atoms with E-state index >= 15 is 0 Å². The topological polar surface area (TPSA) is 29.5 Å². The number of carbonyl (C=O) groups is 1. The van der Waals surface area contributed by atoms with E-state index in [-0.39, 0.29) is 11.3 Å². The molecule has 1 aromatic rings. The number of carbonyl (C=O) groups excluding carboxylic acids is 1. The lowest BCUT2D eigenvalue weighted by atomic mass is 9.84. The van der Waals surface area contributed by atoms with Crippen LogP contribution in [0.4, 0.5) is 0 Å². The summed E-state index contributed by atoms with van der Waals surface area (Å²) >= 11 is 0. The summed E-state index contributed by atoms with van der Waals surface area (Å²) in [6, 6.07) is 7.82. The quantitative estimate of drug-likeness (QED) is 0.846. The summed E-state index contributed by atoms with van der Waals surface area (Å²) in [5.74, 6) is 0.894. The average molecular weight is 275 g/mol. The highest BCUT2D eigenvalue weighted by Crippen LogP contribution is 2.29. The molecule has 1 aromatic carbocycles. The lowest BCUT2D eigenvalue weighted by Gasteiger charge is -2.39. The Hall–Kier alpha value is -1.51. The summed E-state index contributed by atoms with van der Waals surface area (Å²) in [6.07, 6.45) is 1.84. The third-order valence-corrected chi connectivity index (χ3v) is 3.96. The Bertz CT molecular complexity index is 482. The van der Waals surface area contributed by atoms with Gasteiger partial charge in [0.25, 0.3) is 5.91 Å². The fourth-order valence-corrected chi connectivity index (χ4v) is 2.80. The van der Waals surface area contributed by atoms with E-state index in [1.165, 1.54) is 6.42 Å². The molecular formula is C17H25NO2. The number of aryl methyl sites for hydroxylation is 1. The molecule has 1 atom stereocenters. The van der Waals surface area contributed by atoms with Crippen LogP contribution in [0.3, 0.4) is 0 Å². The molecule has 0 bridgehead atoms. The Morgan fingerprint density at radius 2 is 2.05 bits per heavy atom. The molecule has 0 radical (unpaired) electrons. The highest BCUT2D eigenvalue weighted by atomic mass is 16.5. The van der Waals surface area contributed by atoms with Crippen LogP contribution in [0.25, 0.3) is 0 Å². The number of nitrogens with zero attached hydrogens (tertiary/aromatic N) is 1. The number of ether oxygens (including phenoxy) is 1. The summed E-state index contributed by atoms with van der Waals surface area (Å²) in [6.45, 7) is 9.96. The molecule has 0 aliphatic carbocycles. The number of piperidine rings is 1. The SMILES string of the molecule is Cc1ccccc1O[C@@H](C)C(=O)N1CCCC(C)(C)C1. The molecule has 3 heteroatoms. The maximum atomic E-state index is 12.5. The van der Waals surface area contributed by atoms with Gasteiger partial charge in [-0.15, -0.1) is 0 Å². The van der Waals surface area contributed by atoms with Gasteiger partial charge < -0.3 is 9.64 Å². The van der Waals surface area contributed by atoms with Crippen LogP contribution >= 0.6 is 0 Å². The number of benzene rings is 1. The van der Waals surface area contributed by atoms with Crippen molar-refractivity contribution in [3.63, 3.8) is 0 Å². The number of amides is 1. The van der Waals surface area contributed by atoms with Crippen LogP contribution in [0.2, 0.25) is 0 Å². The predicted octanol–water partition coefficient (Wildman–Crippen LogP) is 3.41. The first-order valence-corrected chi connectivity index (χ1v) is 7.40.